The second-order valence-electron chi connectivity index (χ2n) is 4.98. The van der Waals surface area contributed by atoms with Gasteiger partial charge in [0.05, 0.1) is 12.1 Å². The van der Waals surface area contributed by atoms with Crippen LogP contribution in [-0.4, -0.2) is 25.7 Å². The van der Waals surface area contributed by atoms with Gasteiger partial charge in [-0.2, -0.15) is 5.26 Å². The number of aliphatic hydroxyl groups excluding tert-OH is 1. The summed E-state index contributed by atoms with van der Waals surface area (Å²) in [5, 5.41) is 18.4. The molecule has 0 aliphatic heterocycles. The SMILES string of the molecule is N#Cc1c(F)cccc1S(=O)(=O)NC1(CO)CCCC1. The van der Waals surface area contributed by atoms with Gasteiger partial charge < -0.3 is 5.11 Å². The van der Waals surface area contributed by atoms with Crippen LogP contribution in [0.15, 0.2) is 23.1 Å². The van der Waals surface area contributed by atoms with Gasteiger partial charge in [0.1, 0.15) is 22.3 Å². The van der Waals surface area contributed by atoms with E-state index in [1.165, 1.54) is 12.1 Å². The average Bonchev–Trinajstić information content (AvgIpc) is 2.87. The summed E-state index contributed by atoms with van der Waals surface area (Å²) in [6.07, 6.45) is 2.69. The number of benzene rings is 1. The van der Waals surface area contributed by atoms with Gasteiger partial charge in [-0.25, -0.2) is 17.5 Å². The van der Waals surface area contributed by atoms with E-state index >= 15 is 0 Å². The van der Waals surface area contributed by atoms with Gasteiger partial charge in [0.2, 0.25) is 10.0 Å². The van der Waals surface area contributed by atoms with E-state index in [2.05, 4.69) is 4.72 Å². The van der Waals surface area contributed by atoms with Gasteiger partial charge in [0.15, 0.2) is 0 Å². The summed E-state index contributed by atoms with van der Waals surface area (Å²) >= 11 is 0. The molecule has 0 spiro atoms. The van der Waals surface area contributed by atoms with Crippen LogP contribution >= 0.6 is 0 Å². The molecule has 0 unspecified atom stereocenters. The molecular weight excluding hydrogens is 283 g/mol. The summed E-state index contributed by atoms with van der Waals surface area (Å²) < 4.78 is 40.6. The highest BCUT2D eigenvalue weighted by Gasteiger charge is 2.38. The number of hydrogen-bond donors (Lipinski definition) is 2. The lowest BCUT2D eigenvalue weighted by Gasteiger charge is -2.27. The smallest absolute Gasteiger partial charge is 0.242 e. The quantitative estimate of drug-likeness (QED) is 0.876. The van der Waals surface area contributed by atoms with E-state index in [-0.39, 0.29) is 11.5 Å². The van der Waals surface area contributed by atoms with Crippen molar-refractivity contribution >= 4 is 10.0 Å². The van der Waals surface area contributed by atoms with Gasteiger partial charge in [-0.1, -0.05) is 18.9 Å². The molecule has 0 bridgehead atoms. The molecule has 7 heteroatoms. The molecule has 0 atom stereocenters. The number of nitrogens with one attached hydrogen (secondary N) is 1. The molecule has 1 saturated carbocycles. The van der Waals surface area contributed by atoms with Crippen molar-refractivity contribution in [3.63, 3.8) is 0 Å². The third kappa shape index (κ3) is 2.68. The highest BCUT2D eigenvalue weighted by Crippen LogP contribution is 2.31. The number of aliphatic hydroxyl groups is 1. The third-order valence-electron chi connectivity index (χ3n) is 3.59. The molecule has 0 aromatic heterocycles. The van der Waals surface area contributed by atoms with Crippen molar-refractivity contribution in [3.8, 4) is 6.07 Å². The maximum absolute atomic E-state index is 13.5. The van der Waals surface area contributed by atoms with Crippen molar-refractivity contribution < 1.29 is 17.9 Å². The van der Waals surface area contributed by atoms with E-state index in [0.717, 1.165) is 18.9 Å². The standard InChI is InChI=1S/C13H15FN2O3S/c14-11-4-3-5-12(10(11)8-15)20(18,19)16-13(9-17)6-1-2-7-13/h3-5,16-17H,1-2,6-7,9H2. The lowest BCUT2D eigenvalue weighted by molar-refractivity contribution is 0.185. The fourth-order valence-corrected chi connectivity index (χ4v) is 4.14. The zero-order chi connectivity index (χ0) is 14.8. The van der Waals surface area contributed by atoms with E-state index in [1.54, 1.807) is 6.07 Å². The third-order valence-corrected chi connectivity index (χ3v) is 5.21. The van der Waals surface area contributed by atoms with Crippen LogP contribution in [0.2, 0.25) is 0 Å². The monoisotopic (exact) mass is 298 g/mol. The predicted octanol–water partition coefficient (Wildman–Crippen LogP) is 1.28. The number of nitrogens with zero attached hydrogens (tertiary/aromatic N) is 1. The Morgan fingerprint density at radius 2 is 2.05 bits per heavy atom. The summed E-state index contributed by atoms with van der Waals surface area (Å²) in [6.45, 7) is -0.316. The Bertz CT molecular complexity index is 646. The van der Waals surface area contributed by atoms with Gasteiger partial charge in [-0.15, -0.1) is 0 Å². The zero-order valence-electron chi connectivity index (χ0n) is 10.8. The second-order valence-corrected chi connectivity index (χ2v) is 6.63. The molecule has 1 aromatic carbocycles. The van der Waals surface area contributed by atoms with Gasteiger partial charge in [0, 0.05) is 0 Å². The first-order chi connectivity index (χ1) is 9.44. The molecule has 20 heavy (non-hydrogen) atoms. The molecule has 1 aliphatic rings. The van der Waals surface area contributed by atoms with Crippen LogP contribution in [0.3, 0.4) is 0 Å². The Labute approximate surface area is 117 Å². The summed E-state index contributed by atoms with van der Waals surface area (Å²) in [5.41, 5.74) is -1.41. The van der Waals surface area contributed by atoms with Gasteiger partial charge in [-0.05, 0) is 25.0 Å². The number of sulfonamides is 1. The van der Waals surface area contributed by atoms with Gasteiger partial charge in [0.25, 0.3) is 0 Å². The molecule has 0 radical (unpaired) electrons. The molecule has 0 amide bonds. The molecule has 108 valence electrons. The highest BCUT2D eigenvalue weighted by atomic mass is 32.2. The van der Waals surface area contributed by atoms with Crippen LogP contribution in [0, 0.1) is 17.1 Å². The fourth-order valence-electron chi connectivity index (χ4n) is 2.52. The van der Waals surface area contributed by atoms with Gasteiger partial charge >= 0.3 is 0 Å². The van der Waals surface area contributed by atoms with Crippen molar-refractivity contribution in [3.05, 3.63) is 29.6 Å². The zero-order valence-corrected chi connectivity index (χ0v) is 11.6. The summed E-state index contributed by atoms with van der Waals surface area (Å²) in [5.74, 6) is -0.875. The van der Waals surface area contributed by atoms with E-state index < -0.39 is 26.9 Å². The van der Waals surface area contributed by atoms with Crippen molar-refractivity contribution in [2.24, 2.45) is 0 Å². The first kappa shape index (κ1) is 14.9. The molecule has 0 saturated heterocycles. The Morgan fingerprint density at radius 3 is 2.60 bits per heavy atom. The molecular formula is C13H15FN2O3S. The molecule has 0 heterocycles. The lowest BCUT2D eigenvalue weighted by Crippen LogP contribution is -2.49. The predicted molar refractivity (Wildman–Crippen MR) is 69.7 cm³/mol. The Balaban J connectivity index is 2.42. The molecule has 2 rings (SSSR count). The minimum atomic E-state index is -4.05. The second kappa shape index (κ2) is 5.48. The Kier molecular flexibility index (Phi) is 4.09. The maximum Gasteiger partial charge on any atom is 0.242 e. The van der Waals surface area contributed by atoms with Crippen molar-refractivity contribution in [1.29, 1.82) is 5.26 Å². The Hall–Kier alpha value is -1.49. The van der Waals surface area contributed by atoms with E-state index in [4.69, 9.17) is 5.26 Å². The van der Waals surface area contributed by atoms with Crippen LogP contribution in [0.4, 0.5) is 4.39 Å². The van der Waals surface area contributed by atoms with Crippen LogP contribution in [0.5, 0.6) is 0 Å². The summed E-state index contributed by atoms with van der Waals surface area (Å²) in [6, 6.07) is 5.03. The Morgan fingerprint density at radius 1 is 1.40 bits per heavy atom. The minimum absolute atomic E-state index is 0.316. The van der Waals surface area contributed by atoms with Crippen LogP contribution in [-0.2, 0) is 10.0 Å². The number of halogens is 1. The first-order valence-corrected chi connectivity index (χ1v) is 7.76. The molecule has 1 fully saturated rings. The maximum atomic E-state index is 13.5. The number of nitriles is 1. The molecule has 5 nitrogen and oxygen atoms in total. The fraction of sp³-hybridized carbons (Fsp3) is 0.462. The summed E-state index contributed by atoms with van der Waals surface area (Å²) in [4.78, 5) is -0.389. The summed E-state index contributed by atoms with van der Waals surface area (Å²) in [7, 11) is -4.05. The van der Waals surface area contributed by atoms with Gasteiger partial charge in [-0.3, -0.25) is 0 Å². The first-order valence-electron chi connectivity index (χ1n) is 6.28. The van der Waals surface area contributed by atoms with Crippen LogP contribution < -0.4 is 4.72 Å². The minimum Gasteiger partial charge on any atom is -0.394 e. The number of rotatable bonds is 4. The van der Waals surface area contributed by atoms with E-state index in [1.807, 2.05) is 0 Å². The van der Waals surface area contributed by atoms with Crippen LogP contribution in [0.25, 0.3) is 0 Å². The number of hydrogen-bond acceptors (Lipinski definition) is 4. The van der Waals surface area contributed by atoms with Crippen molar-refractivity contribution in [2.45, 2.75) is 36.1 Å². The van der Waals surface area contributed by atoms with E-state index in [9.17, 15) is 17.9 Å². The van der Waals surface area contributed by atoms with Crippen LogP contribution in [0.1, 0.15) is 31.2 Å². The highest BCUT2D eigenvalue weighted by molar-refractivity contribution is 7.89. The topological polar surface area (TPSA) is 90.2 Å². The normalized spacial score (nSPS) is 17.9. The van der Waals surface area contributed by atoms with Crippen molar-refractivity contribution in [1.82, 2.24) is 4.72 Å². The van der Waals surface area contributed by atoms with E-state index in [0.29, 0.717) is 12.8 Å². The molecule has 1 aliphatic carbocycles. The average molecular weight is 298 g/mol. The largest absolute Gasteiger partial charge is 0.394 e. The van der Waals surface area contributed by atoms with Crippen molar-refractivity contribution in [2.75, 3.05) is 6.61 Å². The lowest BCUT2D eigenvalue weighted by atomic mass is 10.0. The molecule has 1 aromatic rings. The molecule has 2 N–H and O–H groups in total.